The van der Waals surface area contributed by atoms with Gasteiger partial charge in [0.1, 0.15) is 19.2 Å². The molecule has 0 N–H and O–H groups in total. The Balaban J connectivity index is 2.37. The van der Waals surface area contributed by atoms with E-state index < -0.39 is 5.95 Å². The van der Waals surface area contributed by atoms with Crippen LogP contribution in [0.4, 0.5) is 0 Å². The molecule has 154 valence electrons. The van der Waals surface area contributed by atoms with Crippen LogP contribution in [0.5, 0.6) is 0 Å². The van der Waals surface area contributed by atoms with Crippen LogP contribution >= 0.6 is 0 Å². The Morgan fingerprint density at radius 1 is 1.00 bits per heavy atom. The maximum atomic E-state index is 13.5. The van der Waals surface area contributed by atoms with Crippen molar-refractivity contribution < 1.29 is 19.2 Å². The van der Waals surface area contributed by atoms with Crippen molar-refractivity contribution in [2.24, 2.45) is 0 Å². The van der Waals surface area contributed by atoms with Crippen LogP contribution in [0.25, 0.3) is 0 Å². The lowest BCUT2D eigenvalue weighted by Gasteiger charge is -2.25. The van der Waals surface area contributed by atoms with E-state index in [4.69, 9.17) is 4.74 Å². The number of ether oxygens (including phenoxy) is 1. The molecule has 0 saturated heterocycles. The summed E-state index contributed by atoms with van der Waals surface area (Å²) < 4.78 is 6.65. The van der Waals surface area contributed by atoms with E-state index in [-0.39, 0.29) is 18.2 Å². The zero-order valence-electron chi connectivity index (χ0n) is 17.3. The van der Waals surface area contributed by atoms with Gasteiger partial charge in [-0.3, -0.25) is 4.79 Å². The van der Waals surface area contributed by atoms with Crippen LogP contribution in [-0.4, -0.2) is 35.3 Å². The first-order valence-corrected chi connectivity index (χ1v) is 10.1. The van der Waals surface area contributed by atoms with Gasteiger partial charge in [-0.05, 0) is 17.7 Å². The SMILES string of the molecule is C=[N+](CCCC)/C(C(=O)N(Cc1ccccc1)Cc1ccccc1)=C(/[O-])OCC. The highest BCUT2D eigenvalue weighted by atomic mass is 16.6. The summed E-state index contributed by atoms with van der Waals surface area (Å²) in [7, 11) is 0. The molecule has 0 atom stereocenters. The first-order valence-electron chi connectivity index (χ1n) is 10.1. The van der Waals surface area contributed by atoms with E-state index in [1.165, 1.54) is 4.58 Å². The lowest BCUT2D eigenvalue weighted by molar-refractivity contribution is -0.484. The van der Waals surface area contributed by atoms with Crippen molar-refractivity contribution in [3.63, 3.8) is 0 Å². The molecule has 0 aliphatic heterocycles. The zero-order chi connectivity index (χ0) is 21.1. The highest BCUT2D eigenvalue weighted by Crippen LogP contribution is 2.16. The summed E-state index contributed by atoms with van der Waals surface area (Å²) in [5.74, 6) is -1.00. The third kappa shape index (κ3) is 6.79. The molecule has 5 heteroatoms. The Morgan fingerprint density at radius 2 is 1.52 bits per heavy atom. The molecule has 0 aliphatic carbocycles. The molecule has 0 saturated carbocycles. The van der Waals surface area contributed by atoms with Crippen molar-refractivity contribution in [2.45, 2.75) is 39.8 Å². The van der Waals surface area contributed by atoms with Gasteiger partial charge in [0.05, 0.1) is 0 Å². The van der Waals surface area contributed by atoms with Gasteiger partial charge in [-0.25, -0.2) is 0 Å². The molecule has 0 bridgehead atoms. The largest absolute Gasteiger partial charge is 0.609 e. The number of nitrogens with zero attached hydrogens (tertiary/aromatic N) is 2. The van der Waals surface area contributed by atoms with E-state index in [9.17, 15) is 9.90 Å². The minimum absolute atomic E-state index is 0.0211. The van der Waals surface area contributed by atoms with Crippen LogP contribution in [-0.2, 0) is 22.6 Å². The number of carbonyl (C=O) groups excluding carboxylic acids is 1. The van der Waals surface area contributed by atoms with Crippen LogP contribution in [0, 0.1) is 0 Å². The lowest BCUT2D eigenvalue weighted by atomic mass is 10.1. The third-order valence-corrected chi connectivity index (χ3v) is 4.49. The number of hydrogen-bond acceptors (Lipinski definition) is 3. The summed E-state index contributed by atoms with van der Waals surface area (Å²) >= 11 is 0. The van der Waals surface area contributed by atoms with Gasteiger partial charge in [-0.1, -0.05) is 80.9 Å². The molecule has 0 aromatic heterocycles. The summed E-state index contributed by atoms with van der Waals surface area (Å²) in [6.07, 6.45) is 1.77. The zero-order valence-corrected chi connectivity index (χ0v) is 17.3. The number of benzene rings is 2. The van der Waals surface area contributed by atoms with E-state index in [1.54, 1.807) is 11.8 Å². The molecule has 0 spiro atoms. The number of hydrogen-bond donors (Lipinski definition) is 0. The topological polar surface area (TPSA) is 55.6 Å². The molecular weight excluding hydrogens is 364 g/mol. The molecule has 0 aliphatic rings. The average Bonchev–Trinajstić information content (AvgIpc) is 2.73. The molecule has 0 radical (unpaired) electrons. The molecule has 5 nitrogen and oxygen atoms in total. The van der Waals surface area contributed by atoms with E-state index in [2.05, 4.69) is 13.6 Å². The average molecular weight is 395 g/mol. The summed E-state index contributed by atoms with van der Waals surface area (Å²) in [4.78, 5) is 15.1. The monoisotopic (exact) mass is 394 g/mol. The van der Waals surface area contributed by atoms with Gasteiger partial charge in [0.2, 0.25) is 0 Å². The minimum Gasteiger partial charge on any atom is -0.609 e. The van der Waals surface area contributed by atoms with Crippen molar-refractivity contribution in [1.82, 2.24) is 4.90 Å². The summed E-state index contributed by atoms with van der Waals surface area (Å²) in [5.41, 5.74) is 1.96. The fourth-order valence-corrected chi connectivity index (χ4v) is 2.97. The minimum atomic E-state index is -0.630. The normalized spacial score (nSPS) is 11.5. The number of carbonyl (C=O) groups is 1. The first kappa shape index (κ1) is 22.2. The van der Waals surface area contributed by atoms with Crippen molar-refractivity contribution in [1.29, 1.82) is 0 Å². The van der Waals surface area contributed by atoms with Gasteiger partial charge in [0.15, 0.2) is 0 Å². The Morgan fingerprint density at radius 3 is 1.97 bits per heavy atom. The summed E-state index contributed by atoms with van der Waals surface area (Å²) in [5, 5.41) is 12.6. The molecule has 0 heterocycles. The maximum Gasteiger partial charge on any atom is 0.321 e. The van der Waals surface area contributed by atoms with Crippen molar-refractivity contribution in [2.75, 3.05) is 13.2 Å². The predicted molar refractivity (Wildman–Crippen MR) is 113 cm³/mol. The summed E-state index contributed by atoms with van der Waals surface area (Å²) in [6.45, 7) is 9.22. The summed E-state index contributed by atoms with van der Waals surface area (Å²) in [6, 6.07) is 19.5. The molecule has 2 aromatic rings. The Hall–Kier alpha value is -3.08. The van der Waals surface area contributed by atoms with Crippen LogP contribution in [0.1, 0.15) is 37.8 Å². The molecule has 2 aromatic carbocycles. The second kappa shape index (κ2) is 11.7. The Labute approximate surface area is 173 Å². The quantitative estimate of drug-likeness (QED) is 0.254. The lowest BCUT2D eigenvalue weighted by Crippen LogP contribution is -2.37. The van der Waals surface area contributed by atoms with E-state index in [0.29, 0.717) is 19.6 Å². The van der Waals surface area contributed by atoms with E-state index in [1.807, 2.05) is 60.7 Å². The van der Waals surface area contributed by atoms with Crippen LogP contribution < -0.4 is 5.11 Å². The van der Waals surface area contributed by atoms with Gasteiger partial charge in [0.25, 0.3) is 5.70 Å². The third-order valence-electron chi connectivity index (χ3n) is 4.49. The molecular formula is C24H30N2O3. The van der Waals surface area contributed by atoms with E-state index in [0.717, 1.165) is 24.0 Å². The Bertz CT molecular complexity index is 775. The van der Waals surface area contributed by atoms with Gasteiger partial charge in [-0.2, -0.15) is 4.58 Å². The first-order chi connectivity index (χ1) is 14.1. The fraction of sp³-hybridized carbons (Fsp3) is 0.333. The van der Waals surface area contributed by atoms with Gasteiger partial charge < -0.3 is 14.7 Å². The standard InChI is InChI=1S/C24H30N2O3/c1-4-6-17-25(3)22(24(28)29-5-2)23(27)26(18-20-13-9-7-10-14-20)19-21-15-11-8-12-16-21/h7-16H,3-6,17-19H2,1-2H3. The van der Waals surface area contributed by atoms with Gasteiger partial charge in [0, 0.05) is 19.5 Å². The maximum absolute atomic E-state index is 13.5. The van der Waals surface area contributed by atoms with Crippen molar-refractivity contribution >= 4 is 12.6 Å². The number of unbranched alkanes of at least 4 members (excludes halogenated alkanes) is 1. The van der Waals surface area contributed by atoms with Crippen LogP contribution in [0.2, 0.25) is 0 Å². The molecule has 0 unspecified atom stereocenters. The molecule has 2 rings (SSSR count). The second-order valence-electron chi connectivity index (χ2n) is 6.82. The second-order valence-corrected chi connectivity index (χ2v) is 6.82. The number of rotatable bonds is 11. The van der Waals surface area contributed by atoms with Gasteiger partial charge >= 0.3 is 5.91 Å². The molecule has 29 heavy (non-hydrogen) atoms. The predicted octanol–water partition coefficient (Wildman–Crippen LogP) is 3.29. The van der Waals surface area contributed by atoms with E-state index >= 15 is 0 Å². The molecule has 1 amide bonds. The smallest absolute Gasteiger partial charge is 0.321 e. The Kier molecular flexibility index (Phi) is 8.96. The highest BCUT2D eigenvalue weighted by Gasteiger charge is 2.28. The fourth-order valence-electron chi connectivity index (χ4n) is 2.97. The van der Waals surface area contributed by atoms with Crippen LogP contribution in [0.3, 0.4) is 0 Å². The number of amides is 1. The van der Waals surface area contributed by atoms with Crippen LogP contribution in [0.15, 0.2) is 72.3 Å². The highest BCUT2D eigenvalue weighted by molar-refractivity contribution is 5.91. The van der Waals surface area contributed by atoms with Crippen molar-refractivity contribution in [3.05, 3.63) is 83.4 Å². The van der Waals surface area contributed by atoms with Crippen molar-refractivity contribution in [3.8, 4) is 0 Å². The van der Waals surface area contributed by atoms with Gasteiger partial charge in [-0.15, -0.1) is 0 Å². The molecule has 0 fully saturated rings.